The Labute approximate surface area is 192 Å². The minimum absolute atomic E-state index is 0.0453. The van der Waals surface area contributed by atoms with E-state index >= 15 is 0 Å². The highest BCUT2D eigenvalue weighted by atomic mass is 16.2. The molecular formula is C23H28N8O2. The van der Waals surface area contributed by atoms with E-state index in [4.69, 9.17) is 11.0 Å². The molecule has 3 aromatic rings. The highest BCUT2D eigenvalue weighted by Crippen LogP contribution is 2.32. The predicted octanol–water partition coefficient (Wildman–Crippen LogP) is 2.09. The number of likely N-dealkylation sites (tertiary alicyclic amines) is 1. The number of carbonyl (C=O) groups excluding carboxylic acids is 2. The van der Waals surface area contributed by atoms with Crippen LogP contribution in [0.2, 0.25) is 0 Å². The Hall–Kier alpha value is -3.87. The summed E-state index contributed by atoms with van der Waals surface area (Å²) in [6, 6.07) is 3.97. The lowest BCUT2D eigenvalue weighted by Gasteiger charge is -2.39. The fourth-order valence-electron chi connectivity index (χ4n) is 4.65. The zero-order chi connectivity index (χ0) is 23.7. The van der Waals surface area contributed by atoms with E-state index in [0.717, 1.165) is 28.8 Å². The molecule has 0 saturated carbocycles. The van der Waals surface area contributed by atoms with Crippen molar-refractivity contribution in [2.75, 3.05) is 18.4 Å². The Kier molecular flexibility index (Phi) is 6.05. The molecule has 1 aliphatic rings. The molecule has 172 valence electrons. The average molecular weight is 449 g/mol. The van der Waals surface area contributed by atoms with Crippen molar-refractivity contribution in [3.63, 3.8) is 0 Å². The number of anilines is 1. The smallest absolute Gasteiger partial charge is 0.252 e. The van der Waals surface area contributed by atoms with Crippen LogP contribution >= 0.6 is 0 Å². The highest BCUT2D eigenvalue weighted by molar-refractivity contribution is 6.02. The van der Waals surface area contributed by atoms with Crippen LogP contribution in [0.25, 0.3) is 16.6 Å². The van der Waals surface area contributed by atoms with Crippen molar-refractivity contribution < 1.29 is 9.59 Å². The topological polar surface area (TPSA) is 134 Å². The Bertz CT molecular complexity index is 1250. The van der Waals surface area contributed by atoms with Gasteiger partial charge in [-0.2, -0.15) is 15.5 Å². The molecule has 4 heterocycles. The number of aryl methyl sites for hydroxylation is 2. The van der Waals surface area contributed by atoms with Gasteiger partial charge in [0.05, 0.1) is 34.7 Å². The Balaban J connectivity index is 1.69. The third kappa shape index (κ3) is 4.26. The van der Waals surface area contributed by atoms with Gasteiger partial charge in [-0.1, -0.05) is 6.92 Å². The van der Waals surface area contributed by atoms with Gasteiger partial charge in [0.1, 0.15) is 6.42 Å². The van der Waals surface area contributed by atoms with Gasteiger partial charge < -0.3 is 16.0 Å². The summed E-state index contributed by atoms with van der Waals surface area (Å²) in [5, 5.41) is 21.2. The minimum Gasteiger partial charge on any atom is -0.379 e. The van der Waals surface area contributed by atoms with Crippen LogP contribution in [0.5, 0.6) is 0 Å². The van der Waals surface area contributed by atoms with Gasteiger partial charge in [0, 0.05) is 49.7 Å². The largest absolute Gasteiger partial charge is 0.379 e. The molecule has 1 aliphatic heterocycles. The molecule has 0 bridgehead atoms. The SMILES string of the molecule is CC[C@@H]1CN(C(=O)CC#N)CC[C@H]1Nc1c(C(N)=O)cnn2cc(-c3cn(C)nc3C)cc12. The van der Waals surface area contributed by atoms with Crippen molar-refractivity contribution >= 4 is 23.0 Å². The monoisotopic (exact) mass is 448 g/mol. The van der Waals surface area contributed by atoms with E-state index in [-0.39, 0.29) is 24.3 Å². The van der Waals surface area contributed by atoms with Crippen LogP contribution in [0.1, 0.15) is 42.2 Å². The molecule has 1 saturated heterocycles. The number of nitrogens with zero attached hydrogens (tertiary/aromatic N) is 6. The van der Waals surface area contributed by atoms with Gasteiger partial charge in [-0.15, -0.1) is 0 Å². The molecule has 33 heavy (non-hydrogen) atoms. The molecule has 2 amide bonds. The molecule has 0 aromatic carbocycles. The summed E-state index contributed by atoms with van der Waals surface area (Å²) in [6.45, 7) is 5.16. The van der Waals surface area contributed by atoms with Crippen LogP contribution in [0.15, 0.2) is 24.7 Å². The molecule has 10 nitrogen and oxygen atoms in total. The molecule has 4 rings (SSSR count). The maximum absolute atomic E-state index is 12.2. The second kappa shape index (κ2) is 8.94. The van der Waals surface area contributed by atoms with Crippen molar-refractivity contribution in [2.45, 2.75) is 39.2 Å². The van der Waals surface area contributed by atoms with E-state index < -0.39 is 5.91 Å². The third-order valence-electron chi connectivity index (χ3n) is 6.40. The Morgan fingerprint density at radius 3 is 2.79 bits per heavy atom. The van der Waals surface area contributed by atoms with Gasteiger partial charge in [0.25, 0.3) is 5.91 Å². The van der Waals surface area contributed by atoms with E-state index in [1.165, 1.54) is 6.20 Å². The van der Waals surface area contributed by atoms with Crippen LogP contribution in [0.4, 0.5) is 5.69 Å². The summed E-state index contributed by atoms with van der Waals surface area (Å²) >= 11 is 0. The lowest BCUT2D eigenvalue weighted by atomic mass is 9.89. The van der Waals surface area contributed by atoms with E-state index in [1.54, 1.807) is 14.1 Å². The lowest BCUT2D eigenvalue weighted by Crippen LogP contribution is -2.48. The Morgan fingerprint density at radius 1 is 1.36 bits per heavy atom. The van der Waals surface area contributed by atoms with Gasteiger partial charge >= 0.3 is 0 Å². The second-order valence-corrected chi connectivity index (χ2v) is 8.54. The maximum atomic E-state index is 12.2. The van der Waals surface area contributed by atoms with Crippen LogP contribution in [-0.4, -0.2) is 55.2 Å². The first kappa shape index (κ1) is 22.3. The summed E-state index contributed by atoms with van der Waals surface area (Å²) < 4.78 is 3.50. The number of amides is 2. The van der Waals surface area contributed by atoms with Gasteiger partial charge in [-0.3, -0.25) is 14.3 Å². The van der Waals surface area contributed by atoms with Gasteiger partial charge in [-0.25, -0.2) is 4.52 Å². The number of rotatable bonds is 6. The van der Waals surface area contributed by atoms with Crippen molar-refractivity contribution in [3.8, 4) is 17.2 Å². The first-order valence-corrected chi connectivity index (χ1v) is 11.0. The number of hydrogen-bond acceptors (Lipinski definition) is 6. The summed E-state index contributed by atoms with van der Waals surface area (Å²) in [4.78, 5) is 26.2. The molecule has 1 fully saturated rings. The highest BCUT2D eigenvalue weighted by Gasteiger charge is 2.31. The third-order valence-corrected chi connectivity index (χ3v) is 6.40. The number of aromatic nitrogens is 4. The molecular weight excluding hydrogens is 420 g/mol. The number of hydrogen-bond donors (Lipinski definition) is 2. The number of nitrogens with two attached hydrogens (primary N) is 1. The fourth-order valence-corrected chi connectivity index (χ4v) is 4.65. The summed E-state index contributed by atoms with van der Waals surface area (Å²) in [7, 11) is 1.88. The van der Waals surface area contributed by atoms with Crippen LogP contribution in [0.3, 0.4) is 0 Å². The predicted molar refractivity (Wildman–Crippen MR) is 123 cm³/mol. The van der Waals surface area contributed by atoms with E-state index in [2.05, 4.69) is 22.4 Å². The van der Waals surface area contributed by atoms with Crippen LogP contribution < -0.4 is 11.1 Å². The number of nitriles is 1. The number of nitrogens with one attached hydrogen (secondary N) is 1. The molecule has 0 radical (unpaired) electrons. The molecule has 3 N–H and O–H groups in total. The van der Waals surface area contributed by atoms with Crippen LogP contribution in [0, 0.1) is 24.2 Å². The second-order valence-electron chi connectivity index (χ2n) is 8.54. The molecule has 0 spiro atoms. The standard InChI is InChI=1S/C23H28N8O2/c1-4-15-11-30(21(32)5-7-24)8-6-19(15)27-22-17(23(25)33)10-26-31-12-16(9-20(22)31)18-13-29(3)28-14(18)2/h9-10,12-13,15,19,27H,4-6,8,11H2,1-3H3,(H2,25,33)/t15-,19-/m1/s1. The fraction of sp³-hybridized carbons (Fsp3) is 0.435. The maximum Gasteiger partial charge on any atom is 0.252 e. The van der Waals surface area contributed by atoms with Crippen molar-refractivity contribution in [2.24, 2.45) is 18.7 Å². The molecule has 10 heteroatoms. The average Bonchev–Trinajstić information content (AvgIpc) is 3.36. The van der Waals surface area contributed by atoms with E-state index in [9.17, 15) is 9.59 Å². The zero-order valence-corrected chi connectivity index (χ0v) is 19.1. The van der Waals surface area contributed by atoms with Gasteiger partial charge in [-0.05, 0) is 31.7 Å². The van der Waals surface area contributed by atoms with Crippen LogP contribution in [-0.2, 0) is 11.8 Å². The summed E-state index contributed by atoms with van der Waals surface area (Å²) in [6.07, 6.45) is 6.80. The molecule has 0 aliphatic carbocycles. The van der Waals surface area contributed by atoms with E-state index in [1.807, 2.05) is 38.5 Å². The summed E-state index contributed by atoms with van der Waals surface area (Å²) in [5.41, 5.74) is 10.3. The molecule has 3 aromatic heterocycles. The van der Waals surface area contributed by atoms with Gasteiger partial charge in [0.15, 0.2) is 0 Å². The lowest BCUT2D eigenvalue weighted by molar-refractivity contribution is -0.132. The zero-order valence-electron chi connectivity index (χ0n) is 19.1. The van der Waals surface area contributed by atoms with E-state index in [0.29, 0.717) is 30.8 Å². The summed E-state index contributed by atoms with van der Waals surface area (Å²) in [5.74, 6) is -0.519. The number of primary amides is 1. The quantitative estimate of drug-likeness (QED) is 0.593. The molecule has 2 atom stereocenters. The minimum atomic E-state index is -0.553. The number of piperidine rings is 1. The molecule has 0 unspecified atom stereocenters. The van der Waals surface area contributed by atoms with Crippen molar-refractivity contribution in [3.05, 3.63) is 35.9 Å². The Morgan fingerprint density at radius 2 is 2.15 bits per heavy atom. The first-order chi connectivity index (χ1) is 15.8. The normalized spacial score (nSPS) is 18.3. The number of fused-ring (bicyclic) bond motifs is 1. The van der Waals surface area contributed by atoms with Crippen molar-refractivity contribution in [1.29, 1.82) is 5.26 Å². The first-order valence-electron chi connectivity index (χ1n) is 11.0. The number of carbonyl (C=O) groups is 2. The van der Waals surface area contributed by atoms with Gasteiger partial charge in [0.2, 0.25) is 5.91 Å². The van der Waals surface area contributed by atoms with Crippen molar-refractivity contribution in [1.82, 2.24) is 24.3 Å².